The lowest BCUT2D eigenvalue weighted by Crippen LogP contribution is -2.29. The van der Waals surface area contributed by atoms with Gasteiger partial charge < -0.3 is 24.9 Å². The molecule has 0 saturated carbocycles. The van der Waals surface area contributed by atoms with Gasteiger partial charge in [0.15, 0.2) is 5.76 Å². The summed E-state index contributed by atoms with van der Waals surface area (Å²) in [5.74, 6) is 1.63. The molecule has 8 nitrogen and oxygen atoms in total. The number of nitrogens with two attached hydrogens (primary N) is 1. The number of nitrogens with zero attached hydrogens (tertiary/aromatic N) is 2. The number of methoxy groups -OCH3 is 2. The molecule has 3 N–H and O–H groups in total. The SMILES string of the molecule is COc1cc2c(OC)cccc2cc1C(=O)NC(CCCN=C(N)CF)c1ncc(-c2ccccc2)o1. The molecule has 1 amide bonds. The van der Waals surface area contributed by atoms with Gasteiger partial charge >= 0.3 is 0 Å². The van der Waals surface area contributed by atoms with Crippen molar-refractivity contribution in [3.63, 3.8) is 0 Å². The summed E-state index contributed by atoms with van der Waals surface area (Å²) in [4.78, 5) is 21.9. The van der Waals surface area contributed by atoms with Crippen LogP contribution in [0.1, 0.15) is 35.1 Å². The molecule has 1 unspecified atom stereocenters. The van der Waals surface area contributed by atoms with Gasteiger partial charge in [-0.25, -0.2) is 9.37 Å². The average Bonchev–Trinajstić information content (AvgIpc) is 3.44. The normalized spacial score (nSPS) is 12.4. The maximum atomic E-state index is 13.5. The van der Waals surface area contributed by atoms with Crippen LogP contribution >= 0.6 is 0 Å². The highest BCUT2D eigenvalue weighted by Crippen LogP contribution is 2.33. The van der Waals surface area contributed by atoms with Gasteiger partial charge in [0.25, 0.3) is 5.91 Å². The molecule has 0 fully saturated rings. The van der Waals surface area contributed by atoms with E-state index < -0.39 is 12.7 Å². The second-order valence-corrected chi connectivity index (χ2v) is 8.34. The van der Waals surface area contributed by atoms with Crippen LogP contribution in [0.15, 0.2) is 76.3 Å². The third kappa shape index (κ3) is 6.06. The lowest BCUT2D eigenvalue weighted by atomic mass is 10.0. The molecule has 37 heavy (non-hydrogen) atoms. The van der Waals surface area contributed by atoms with E-state index >= 15 is 0 Å². The van der Waals surface area contributed by atoms with E-state index in [0.29, 0.717) is 48.1 Å². The molecule has 0 saturated heterocycles. The zero-order valence-electron chi connectivity index (χ0n) is 20.7. The summed E-state index contributed by atoms with van der Waals surface area (Å²) < 4.78 is 29.7. The van der Waals surface area contributed by atoms with E-state index in [9.17, 15) is 9.18 Å². The van der Waals surface area contributed by atoms with Gasteiger partial charge in [0.05, 0.1) is 26.0 Å². The first-order valence-electron chi connectivity index (χ1n) is 11.9. The number of halogens is 1. The Labute approximate surface area is 214 Å². The minimum atomic E-state index is -0.799. The highest BCUT2D eigenvalue weighted by Gasteiger charge is 2.23. The Balaban J connectivity index is 1.62. The van der Waals surface area contributed by atoms with Gasteiger partial charge in [-0.1, -0.05) is 42.5 Å². The van der Waals surface area contributed by atoms with Crippen molar-refractivity contribution in [2.45, 2.75) is 18.9 Å². The molecule has 0 aliphatic carbocycles. The number of rotatable bonds is 11. The highest BCUT2D eigenvalue weighted by molar-refractivity contribution is 6.03. The van der Waals surface area contributed by atoms with Crippen molar-refractivity contribution >= 4 is 22.5 Å². The van der Waals surface area contributed by atoms with Gasteiger partial charge in [-0.05, 0) is 36.4 Å². The Hall–Kier alpha value is -4.40. The molecule has 4 aromatic rings. The maximum Gasteiger partial charge on any atom is 0.255 e. The fourth-order valence-corrected chi connectivity index (χ4v) is 4.04. The zero-order valence-corrected chi connectivity index (χ0v) is 20.7. The summed E-state index contributed by atoms with van der Waals surface area (Å²) in [6, 6.07) is 18.2. The number of amides is 1. The fourth-order valence-electron chi connectivity index (χ4n) is 4.04. The van der Waals surface area contributed by atoms with Crippen LogP contribution in [0.25, 0.3) is 22.1 Å². The first-order chi connectivity index (χ1) is 18.0. The molecule has 1 aromatic heterocycles. The van der Waals surface area contributed by atoms with Crippen LogP contribution in [-0.2, 0) is 0 Å². The molecule has 0 bridgehead atoms. The van der Waals surface area contributed by atoms with E-state index in [4.69, 9.17) is 19.6 Å². The first kappa shape index (κ1) is 25.7. The average molecular weight is 505 g/mol. The number of benzene rings is 3. The van der Waals surface area contributed by atoms with E-state index in [1.165, 1.54) is 7.11 Å². The number of carbonyl (C=O) groups excluding carboxylic acids is 1. The van der Waals surface area contributed by atoms with Gasteiger partial charge in [-0.2, -0.15) is 0 Å². The number of aliphatic imine (C=N–C) groups is 1. The van der Waals surface area contributed by atoms with Gasteiger partial charge in [-0.15, -0.1) is 0 Å². The summed E-state index contributed by atoms with van der Waals surface area (Å²) in [7, 11) is 3.11. The summed E-state index contributed by atoms with van der Waals surface area (Å²) in [5.41, 5.74) is 6.71. The minimum Gasteiger partial charge on any atom is -0.496 e. The van der Waals surface area contributed by atoms with Gasteiger partial charge in [0, 0.05) is 17.5 Å². The van der Waals surface area contributed by atoms with Crippen LogP contribution in [0.4, 0.5) is 4.39 Å². The number of alkyl halides is 1. The molecule has 3 aromatic carbocycles. The van der Waals surface area contributed by atoms with E-state index in [2.05, 4.69) is 15.3 Å². The molecule has 1 atom stereocenters. The van der Waals surface area contributed by atoms with Crippen LogP contribution in [0.5, 0.6) is 11.5 Å². The number of nitrogens with one attached hydrogen (secondary N) is 1. The van der Waals surface area contributed by atoms with E-state index in [1.54, 1.807) is 25.4 Å². The summed E-state index contributed by atoms with van der Waals surface area (Å²) in [5, 5.41) is 4.69. The van der Waals surface area contributed by atoms with Crippen LogP contribution in [0.2, 0.25) is 0 Å². The molecule has 0 radical (unpaired) electrons. The highest BCUT2D eigenvalue weighted by atomic mass is 19.1. The number of hydrogen-bond acceptors (Lipinski definition) is 6. The van der Waals surface area contributed by atoms with Crippen LogP contribution in [-0.4, -0.2) is 44.2 Å². The molecule has 9 heteroatoms. The molecule has 192 valence electrons. The Morgan fingerprint density at radius 1 is 1.11 bits per heavy atom. The zero-order chi connectivity index (χ0) is 26.2. The molecular weight excluding hydrogens is 475 g/mol. The third-order valence-corrected chi connectivity index (χ3v) is 5.91. The van der Waals surface area contributed by atoms with Crippen LogP contribution in [0.3, 0.4) is 0 Å². The number of carbonyl (C=O) groups is 1. The Bertz CT molecular complexity index is 1390. The predicted octanol–water partition coefficient (Wildman–Crippen LogP) is 5.09. The predicted molar refractivity (Wildman–Crippen MR) is 141 cm³/mol. The van der Waals surface area contributed by atoms with E-state index in [0.717, 1.165) is 16.3 Å². The molecule has 0 spiro atoms. The Morgan fingerprint density at radius 2 is 1.89 bits per heavy atom. The maximum absolute atomic E-state index is 13.5. The number of fused-ring (bicyclic) bond motifs is 1. The standard InChI is InChI=1S/C28H29FN4O4/c1-35-23-12-6-10-19-14-21(24(36-2)15-20(19)23)27(34)33-22(11-7-13-31-26(30)16-29)28-32-17-25(37-28)18-8-4-3-5-9-18/h3-6,8-10,12,14-15,17,22H,7,11,13,16H2,1-2H3,(H2,30,31)(H,33,34). The number of ether oxygens (including phenoxy) is 2. The van der Waals surface area contributed by atoms with Gasteiger partial charge in [0.1, 0.15) is 30.1 Å². The minimum absolute atomic E-state index is 0.0561. The lowest BCUT2D eigenvalue weighted by Gasteiger charge is -2.17. The smallest absolute Gasteiger partial charge is 0.255 e. The van der Waals surface area contributed by atoms with Crippen molar-refractivity contribution in [2.75, 3.05) is 27.4 Å². The largest absolute Gasteiger partial charge is 0.496 e. The van der Waals surface area contributed by atoms with Crippen molar-refractivity contribution in [3.8, 4) is 22.8 Å². The second kappa shape index (κ2) is 12.0. The van der Waals surface area contributed by atoms with Gasteiger partial charge in [-0.3, -0.25) is 9.79 Å². The third-order valence-electron chi connectivity index (χ3n) is 5.91. The summed E-state index contributed by atoms with van der Waals surface area (Å²) in [6.07, 6.45) is 2.61. The van der Waals surface area contributed by atoms with Crippen molar-refractivity contribution < 1.29 is 23.1 Å². The molecule has 0 aliphatic rings. The van der Waals surface area contributed by atoms with Crippen molar-refractivity contribution in [3.05, 3.63) is 78.3 Å². The summed E-state index contributed by atoms with van der Waals surface area (Å²) >= 11 is 0. The van der Waals surface area contributed by atoms with Crippen LogP contribution in [0, 0.1) is 0 Å². The van der Waals surface area contributed by atoms with Crippen molar-refractivity contribution in [2.24, 2.45) is 10.7 Å². The fraction of sp³-hybridized carbons (Fsp3) is 0.250. The van der Waals surface area contributed by atoms with Gasteiger partial charge in [0.2, 0.25) is 5.89 Å². The number of aromatic nitrogens is 1. The summed E-state index contributed by atoms with van der Waals surface area (Å²) in [6.45, 7) is -0.486. The van der Waals surface area contributed by atoms with E-state index in [1.807, 2.05) is 48.5 Å². The number of oxazole rings is 1. The number of amidine groups is 1. The quantitative estimate of drug-likeness (QED) is 0.167. The van der Waals surface area contributed by atoms with Crippen LogP contribution < -0.4 is 20.5 Å². The Morgan fingerprint density at radius 3 is 2.62 bits per heavy atom. The Kier molecular flexibility index (Phi) is 8.35. The lowest BCUT2D eigenvalue weighted by molar-refractivity contribution is 0.0924. The topological polar surface area (TPSA) is 112 Å². The molecule has 1 heterocycles. The first-order valence-corrected chi connectivity index (χ1v) is 11.9. The molecular formula is C28H29FN4O4. The van der Waals surface area contributed by atoms with E-state index in [-0.39, 0.29) is 11.7 Å². The number of hydrogen-bond donors (Lipinski definition) is 2. The van der Waals surface area contributed by atoms with Crippen molar-refractivity contribution in [1.82, 2.24) is 10.3 Å². The van der Waals surface area contributed by atoms with Crippen molar-refractivity contribution in [1.29, 1.82) is 0 Å². The molecule has 4 rings (SSSR count). The second-order valence-electron chi connectivity index (χ2n) is 8.34. The monoisotopic (exact) mass is 504 g/mol. The molecule has 0 aliphatic heterocycles.